The zero-order chi connectivity index (χ0) is 18.7. The molecule has 0 bridgehead atoms. The lowest BCUT2D eigenvalue weighted by Crippen LogP contribution is -2.27. The summed E-state index contributed by atoms with van der Waals surface area (Å²) in [5.74, 6) is 1.05. The highest BCUT2D eigenvalue weighted by atomic mass is 32.2. The quantitative estimate of drug-likeness (QED) is 0.565. The smallest absolute Gasteiger partial charge is 0.270 e. The van der Waals surface area contributed by atoms with Gasteiger partial charge in [-0.3, -0.25) is 14.7 Å². The number of amides is 1. The largest absolute Gasteiger partial charge is 0.493 e. The number of hydrogen-bond acceptors (Lipinski definition) is 6. The number of benzene rings is 1. The van der Waals surface area contributed by atoms with Crippen molar-refractivity contribution in [2.75, 3.05) is 12.0 Å². The maximum Gasteiger partial charge on any atom is 0.270 e. The van der Waals surface area contributed by atoms with Crippen LogP contribution in [0.25, 0.3) is 6.08 Å². The van der Waals surface area contributed by atoms with E-state index in [4.69, 9.17) is 21.7 Å². The van der Waals surface area contributed by atoms with Gasteiger partial charge in [0.1, 0.15) is 0 Å². The van der Waals surface area contributed by atoms with Crippen molar-refractivity contribution in [1.82, 2.24) is 4.98 Å². The van der Waals surface area contributed by atoms with Crippen LogP contribution in [0.3, 0.4) is 0 Å². The van der Waals surface area contributed by atoms with Gasteiger partial charge in [-0.05, 0) is 38.1 Å². The van der Waals surface area contributed by atoms with Crippen LogP contribution in [-0.4, -0.2) is 28.4 Å². The molecule has 3 rings (SSSR count). The Balaban J connectivity index is 1.99. The van der Waals surface area contributed by atoms with Gasteiger partial charge in [0.15, 0.2) is 15.8 Å². The fraction of sp³-hybridized carbons (Fsp3) is 0.211. The molecule has 0 radical (unpaired) electrons. The molecule has 2 aromatic rings. The molecule has 1 aromatic heterocycles. The van der Waals surface area contributed by atoms with E-state index < -0.39 is 0 Å². The van der Waals surface area contributed by atoms with Crippen molar-refractivity contribution < 1.29 is 14.3 Å². The maximum absolute atomic E-state index is 12.9. The average molecular weight is 386 g/mol. The fourth-order valence-corrected chi connectivity index (χ4v) is 3.78. The van der Waals surface area contributed by atoms with Gasteiger partial charge in [0.05, 0.1) is 30.0 Å². The zero-order valence-electron chi connectivity index (χ0n) is 14.6. The summed E-state index contributed by atoms with van der Waals surface area (Å²) in [4.78, 5) is 18.9. The molecule has 2 heterocycles. The van der Waals surface area contributed by atoms with Crippen LogP contribution in [0.2, 0.25) is 0 Å². The molecule has 1 aliphatic rings. The Bertz CT molecular complexity index is 866. The van der Waals surface area contributed by atoms with E-state index in [9.17, 15) is 4.79 Å². The Morgan fingerprint density at radius 1 is 1.27 bits per heavy atom. The topological polar surface area (TPSA) is 51.7 Å². The minimum absolute atomic E-state index is 0.0247. The van der Waals surface area contributed by atoms with Crippen LogP contribution in [0.4, 0.5) is 5.69 Å². The van der Waals surface area contributed by atoms with Gasteiger partial charge in [-0.1, -0.05) is 36.1 Å². The van der Waals surface area contributed by atoms with Crippen LogP contribution in [0, 0.1) is 0 Å². The number of pyridine rings is 1. The Morgan fingerprint density at radius 2 is 2.08 bits per heavy atom. The Labute approximate surface area is 162 Å². The average Bonchev–Trinajstić information content (AvgIpc) is 2.90. The van der Waals surface area contributed by atoms with Crippen LogP contribution in [0.5, 0.6) is 11.5 Å². The Morgan fingerprint density at radius 3 is 2.73 bits per heavy atom. The first-order valence-electron chi connectivity index (χ1n) is 8.03. The van der Waals surface area contributed by atoms with E-state index in [1.807, 2.05) is 32.0 Å². The molecule has 7 heteroatoms. The molecule has 0 unspecified atom stereocenters. The molecular formula is C19H18N2O3S2. The molecule has 26 heavy (non-hydrogen) atoms. The van der Waals surface area contributed by atoms with Gasteiger partial charge in [0.2, 0.25) is 0 Å². The first-order chi connectivity index (χ1) is 12.5. The lowest BCUT2D eigenvalue weighted by molar-refractivity contribution is -0.113. The molecule has 0 N–H and O–H groups in total. The maximum atomic E-state index is 12.9. The number of hydrogen-bond donors (Lipinski definition) is 0. The molecule has 0 aliphatic carbocycles. The standard InChI is InChI=1S/C19H18N2O3S2/c1-12(2)24-17-13(6-4-8-15(17)23-3)10-16-18(22)21(19(25)26-16)14-7-5-9-20-11-14/h4-12H,1-3H3/b16-10-. The van der Waals surface area contributed by atoms with Crippen molar-refractivity contribution >= 4 is 46.0 Å². The second-order valence-electron chi connectivity index (χ2n) is 5.77. The van der Waals surface area contributed by atoms with Gasteiger partial charge >= 0.3 is 0 Å². The van der Waals surface area contributed by atoms with E-state index in [0.29, 0.717) is 26.4 Å². The normalized spacial score (nSPS) is 15.8. The lowest BCUT2D eigenvalue weighted by atomic mass is 10.1. The van der Waals surface area contributed by atoms with Crippen molar-refractivity contribution in [2.24, 2.45) is 0 Å². The number of nitrogens with zero attached hydrogens (tertiary/aromatic N) is 2. The van der Waals surface area contributed by atoms with Gasteiger partial charge in [0, 0.05) is 11.8 Å². The molecule has 1 amide bonds. The molecule has 0 saturated carbocycles. The minimum atomic E-state index is -0.175. The van der Waals surface area contributed by atoms with Crippen LogP contribution < -0.4 is 14.4 Å². The van der Waals surface area contributed by atoms with Gasteiger partial charge < -0.3 is 9.47 Å². The van der Waals surface area contributed by atoms with Crippen molar-refractivity contribution in [3.8, 4) is 11.5 Å². The van der Waals surface area contributed by atoms with Gasteiger partial charge in [-0.2, -0.15) is 0 Å². The van der Waals surface area contributed by atoms with E-state index in [1.165, 1.54) is 16.7 Å². The molecule has 5 nitrogen and oxygen atoms in total. The molecule has 134 valence electrons. The first kappa shape index (κ1) is 18.4. The molecule has 0 spiro atoms. The summed E-state index contributed by atoms with van der Waals surface area (Å²) in [6.45, 7) is 3.89. The number of carbonyl (C=O) groups is 1. The van der Waals surface area contributed by atoms with E-state index >= 15 is 0 Å². The zero-order valence-corrected chi connectivity index (χ0v) is 16.3. The summed E-state index contributed by atoms with van der Waals surface area (Å²) < 4.78 is 11.8. The lowest BCUT2D eigenvalue weighted by Gasteiger charge is -2.16. The fourth-order valence-electron chi connectivity index (χ4n) is 2.49. The number of para-hydroxylation sites is 1. The third-order valence-electron chi connectivity index (χ3n) is 3.57. The molecule has 1 aliphatic heterocycles. The van der Waals surface area contributed by atoms with Gasteiger partial charge in [-0.15, -0.1) is 0 Å². The SMILES string of the molecule is COc1cccc(/C=C2\SC(=S)N(c3cccnc3)C2=O)c1OC(C)C. The van der Waals surface area contributed by atoms with Crippen molar-refractivity contribution in [2.45, 2.75) is 20.0 Å². The van der Waals surface area contributed by atoms with Crippen molar-refractivity contribution in [3.05, 3.63) is 53.2 Å². The number of anilines is 1. The summed E-state index contributed by atoms with van der Waals surface area (Å²) in [6, 6.07) is 9.15. The third kappa shape index (κ3) is 3.73. The summed E-state index contributed by atoms with van der Waals surface area (Å²) in [5, 5.41) is 0. The third-order valence-corrected chi connectivity index (χ3v) is 4.87. The van der Waals surface area contributed by atoms with Crippen LogP contribution in [0.1, 0.15) is 19.4 Å². The summed E-state index contributed by atoms with van der Waals surface area (Å²) >= 11 is 6.65. The summed E-state index contributed by atoms with van der Waals surface area (Å²) in [7, 11) is 1.59. The second-order valence-corrected chi connectivity index (χ2v) is 7.45. The van der Waals surface area contributed by atoms with E-state index in [0.717, 1.165) is 5.56 Å². The Kier molecular flexibility index (Phi) is 5.58. The number of aromatic nitrogens is 1. The molecule has 1 fully saturated rings. The number of rotatable bonds is 5. The molecule has 1 aromatic carbocycles. The van der Waals surface area contributed by atoms with Crippen LogP contribution >= 0.6 is 24.0 Å². The Hall–Kier alpha value is -2.38. The van der Waals surface area contributed by atoms with Crippen LogP contribution in [0.15, 0.2) is 47.6 Å². The predicted octanol–water partition coefficient (Wildman–Crippen LogP) is 4.28. The summed E-state index contributed by atoms with van der Waals surface area (Å²) in [6.07, 6.45) is 5.04. The monoisotopic (exact) mass is 386 g/mol. The number of carbonyl (C=O) groups excluding carboxylic acids is 1. The summed E-state index contributed by atoms with van der Waals surface area (Å²) in [5.41, 5.74) is 1.42. The predicted molar refractivity (Wildman–Crippen MR) is 109 cm³/mol. The van der Waals surface area contributed by atoms with Crippen molar-refractivity contribution in [1.29, 1.82) is 0 Å². The highest BCUT2D eigenvalue weighted by Gasteiger charge is 2.33. The molecular weight excluding hydrogens is 368 g/mol. The molecule has 0 atom stereocenters. The second kappa shape index (κ2) is 7.88. The number of thiocarbonyl (C=S) groups is 1. The van der Waals surface area contributed by atoms with Gasteiger partial charge in [0.25, 0.3) is 5.91 Å². The van der Waals surface area contributed by atoms with E-state index in [-0.39, 0.29) is 12.0 Å². The highest BCUT2D eigenvalue weighted by Crippen LogP contribution is 2.39. The molecule has 1 saturated heterocycles. The van der Waals surface area contributed by atoms with Crippen LogP contribution in [-0.2, 0) is 4.79 Å². The van der Waals surface area contributed by atoms with E-state index in [2.05, 4.69) is 4.98 Å². The van der Waals surface area contributed by atoms with E-state index in [1.54, 1.807) is 37.7 Å². The highest BCUT2D eigenvalue weighted by molar-refractivity contribution is 8.27. The van der Waals surface area contributed by atoms with Gasteiger partial charge in [-0.25, -0.2) is 0 Å². The first-order valence-corrected chi connectivity index (χ1v) is 9.25. The number of thioether (sulfide) groups is 1. The van der Waals surface area contributed by atoms with Crippen molar-refractivity contribution in [3.63, 3.8) is 0 Å². The minimum Gasteiger partial charge on any atom is -0.493 e. The number of ether oxygens (including phenoxy) is 2. The number of methoxy groups -OCH3 is 1.